The summed E-state index contributed by atoms with van der Waals surface area (Å²) in [6.45, 7) is 3.49. The fourth-order valence-electron chi connectivity index (χ4n) is 1.73. The van der Waals surface area contributed by atoms with Gasteiger partial charge < -0.3 is 5.11 Å². The number of aryl methyl sites for hydroxylation is 1. The van der Waals surface area contributed by atoms with Gasteiger partial charge in [0.2, 0.25) is 10.0 Å². The van der Waals surface area contributed by atoms with Gasteiger partial charge in [-0.2, -0.15) is 0 Å². The van der Waals surface area contributed by atoms with Gasteiger partial charge in [-0.15, -0.1) is 11.3 Å². The van der Waals surface area contributed by atoms with E-state index in [1.807, 2.05) is 6.92 Å². The number of nitrogens with zero attached hydrogens (tertiary/aromatic N) is 1. The quantitative estimate of drug-likeness (QED) is 0.885. The van der Waals surface area contributed by atoms with E-state index in [1.54, 1.807) is 25.3 Å². The lowest BCUT2D eigenvalue weighted by atomic mass is 10.2. The Labute approximate surface area is 122 Å². The molecule has 1 aromatic carbocycles. The Kier molecular flexibility index (Phi) is 4.54. The standard InChI is InChI=1S/C13H16N2O3S2/c1-9-7-14-13(19-9)10(2)15-20(17,18)12-5-3-4-11(6-12)8-16/h3-7,10,15-16H,8H2,1-2H3. The number of thiazole rings is 1. The van der Waals surface area contributed by atoms with E-state index >= 15 is 0 Å². The van der Waals surface area contributed by atoms with Crippen molar-refractivity contribution in [1.29, 1.82) is 0 Å². The summed E-state index contributed by atoms with van der Waals surface area (Å²) < 4.78 is 27.1. The summed E-state index contributed by atoms with van der Waals surface area (Å²) >= 11 is 1.46. The predicted octanol–water partition coefficient (Wildman–Crippen LogP) is 1.98. The lowest BCUT2D eigenvalue weighted by Gasteiger charge is -2.12. The lowest BCUT2D eigenvalue weighted by Crippen LogP contribution is -2.26. The molecule has 0 aliphatic heterocycles. The van der Waals surface area contributed by atoms with E-state index in [-0.39, 0.29) is 11.5 Å². The Morgan fingerprint density at radius 3 is 2.80 bits per heavy atom. The summed E-state index contributed by atoms with van der Waals surface area (Å²) in [5, 5.41) is 9.79. The molecule has 0 saturated heterocycles. The number of aliphatic hydroxyl groups excluding tert-OH is 1. The number of rotatable bonds is 5. The zero-order valence-electron chi connectivity index (χ0n) is 11.2. The molecule has 108 valence electrons. The molecule has 2 N–H and O–H groups in total. The first-order chi connectivity index (χ1) is 9.42. The van der Waals surface area contributed by atoms with Gasteiger partial charge in [0, 0.05) is 11.1 Å². The molecule has 2 aromatic rings. The number of nitrogens with one attached hydrogen (secondary N) is 1. The van der Waals surface area contributed by atoms with Crippen molar-refractivity contribution < 1.29 is 13.5 Å². The first-order valence-corrected chi connectivity index (χ1v) is 8.37. The van der Waals surface area contributed by atoms with Crippen molar-refractivity contribution in [2.45, 2.75) is 31.4 Å². The van der Waals surface area contributed by atoms with Crippen LogP contribution in [-0.2, 0) is 16.6 Å². The summed E-state index contributed by atoms with van der Waals surface area (Å²) in [5.41, 5.74) is 0.561. The molecule has 1 heterocycles. The Hall–Kier alpha value is -1.28. The van der Waals surface area contributed by atoms with Gasteiger partial charge in [0.1, 0.15) is 5.01 Å². The van der Waals surface area contributed by atoms with Crippen molar-refractivity contribution in [2.75, 3.05) is 0 Å². The molecule has 1 unspecified atom stereocenters. The molecule has 7 heteroatoms. The number of benzene rings is 1. The summed E-state index contributed by atoms with van der Waals surface area (Å²) in [6, 6.07) is 5.85. The molecule has 0 bridgehead atoms. The maximum Gasteiger partial charge on any atom is 0.241 e. The molecule has 0 spiro atoms. The average molecular weight is 312 g/mol. The molecule has 0 saturated carbocycles. The second kappa shape index (κ2) is 6.01. The predicted molar refractivity (Wildman–Crippen MR) is 78.0 cm³/mol. The largest absolute Gasteiger partial charge is 0.392 e. The van der Waals surface area contributed by atoms with Crippen LogP contribution in [0.15, 0.2) is 35.4 Å². The Bertz CT molecular complexity index is 695. The van der Waals surface area contributed by atoms with E-state index in [0.29, 0.717) is 5.56 Å². The highest BCUT2D eigenvalue weighted by Gasteiger charge is 2.20. The first-order valence-electron chi connectivity index (χ1n) is 6.07. The minimum absolute atomic E-state index is 0.143. The fourth-order valence-corrected chi connectivity index (χ4v) is 3.86. The van der Waals surface area contributed by atoms with Crippen LogP contribution in [0.5, 0.6) is 0 Å². The lowest BCUT2D eigenvalue weighted by molar-refractivity contribution is 0.281. The van der Waals surface area contributed by atoms with Crippen molar-refractivity contribution in [1.82, 2.24) is 9.71 Å². The van der Waals surface area contributed by atoms with Crippen LogP contribution < -0.4 is 4.72 Å². The second-order valence-corrected chi connectivity index (χ2v) is 7.44. The van der Waals surface area contributed by atoms with Crippen molar-refractivity contribution >= 4 is 21.4 Å². The van der Waals surface area contributed by atoms with Gasteiger partial charge in [0.05, 0.1) is 17.5 Å². The molecule has 0 amide bonds. The van der Waals surface area contributed by atoms with E-state index in [4.69, 9.17) is 5.11 Å². The molecule has 1 aromatic heterocycles. The van der Waals surface area contributed by atoms with Gasteiger partial charge in [-0.05, 0) is 31.5 Å². The first kappa shape index (κ1) is 15.1. The highest BCUT2D eigenvalue weighted by Crippen LogP contribution is 2.21. The molecule has 0 fully saturated rings. The number of aromatic nitrogens is 1. The van der Waals surface area contributed by atoms with E-state index in [1.165, 1.54) is 23.5 Å². The molecule has 20 heavy (non-hydrogen) atoms. The summed E-state index contributed by atoms with van der Waals surface area (Å²) in [5.74, 6) is 0. The van der Waals surface area contributed by atoms with Gasteiger partial charge in [-0.25, -0.2) is 18.1 Å². The molecule has 2 rings (SSSR count). The maximum atomic E-state index is 12.3. The number of hydrogen-bond acceptors (Lipinski definition) is 5. The number of aliphatic hydroxyl groups is 1. The molecule has 0 aliphatic rings. The average Bonchev–Trinajstić information content (AvgIpc) is 2.85. The molecular formula is C13H16N2O3S2. The fraction of sp³-hybridized carbons (Fsp3) is 0.308. The van der Waals surface area contributed by atoms with Gasteiger partial charge in [-0.3, -0.25) is 0 Å². The van der Waals surface area contributed by atoms with Crippen LogP contribution >= 0.6 is 11.3 Å². The van der Waals surface area contributed by atoms with Crippen molar-refractivity contribution in [3.63, 3.8) is 0 Å². The summed E-state index contributed by atoms with van der Waals surface area (Å²) in [4.78, 5) is 5.36. The smallest absolute Gasteiger partial charge is 0.241 e. The van der Waals surface area contributed by atoms with Crippen LogP contribution in [0, 0.1) is 6.92 Å². The van der Waals surface area contributed by atoms with Crippen LogP contribution in [0.3, 0.4) is 0 Å². The van der Waals surface area contributed by atoms with E-state index in [9.17, 15) is 8.42 Å². The highest BCUT2D eigenvalue weighted by molar-refractivity contribution is 7.89. The molecule has 0 aliphatic carbocycles. The SMILES string of the molecule is Cc1cnc(C(C)NS(=O)(=O)c2cccc(CO)c2)s1. The summed E-state index contributed by atoms with van der Waals surface area (Å²) in [7, 11) is -3.63. The van der Waals surface area contributed by atoms with Gasteiger partial charge in [0.25, 0.3) is 0 Å². The van der Waals surface area contributed by atoms with Gasteiger partial charge in [-0.1, -0.05) is 12.1 Å². The summed E-state index contributed by atoms with van der Waals surface area (Å²) in [6.07, 6.45) is 1.72. The monoisotopic (exact) mass is 312 g/mol. The third-order valence-corrected chi connectivity index (χ3v) is 5.37. The highest BCUT2D eigenvalue weighted by atomic mass is 32.2. The van der Waals surface area contributed by atoms with E-state index in [0.717, 1.165) is 9.88 Å². The van der Waals surface area contributed by atoms with Crippen LogP contribution in [0.4, 0.5) is 0 Å². The van der Waals surface area contributed by atoms with Crippen LogP contribution in [0.1, 0.15) is 28.4 Å². The zero-order chi connectivity index (χ0) is 14.8. The zero-order valence-corrected chi connectivity index (χ0v) is 12.8. The van der Waals surface area contributed by atoms with Crippen LogP contribution in [0.25, 0.3) is 0 Å². The van der Waals surface area contributed by atoms with Crippen molar-refractivity contribution in [3.05, 3.63) is 45.9 Å². The second-order valence-electron chi connectivity index (χ2n) is 4.46. The third-order valence-electron chi connectivity index (χ3n) is 2.73. The van der Waals surface area contributed by atoms with E-state index in [2.05, 4.69) is 9.71 Å². The normalized spacial score (nSPS) is 13.3. The molecule has 0 radical (unpaired) electrons. The molecular weight excluding hydrogens is 296 g/mol. The Morgan fingerprint density at radius 1 is 1.45 bits per heavy atom. The van der Waals surface area contributed by atoms with Crippen molar-refractivity contribution in [3.8, 4) is 0 Å². The van der Waals surface area contributed by atoms with Crippen LogP contribution in [0.2, 0.25) is 0 Å². The molecule has 1 atom stereocenters. The van der Waals surface area contributed by atoms with Crippen LogP contribution in [-0.4, -0.2) is 18.5 Å². The third kappa shape index (κ3) is 3.43. The van der Waals surface area contributed by atoms with E-state index < -0.39 is 16.1 Å². The minimum atomic E-state index is -3.63. The van der Waals surface area contributed by atoms with Gasteiger partial charge >= 0.3 is 0 Å². The maximum absolute atomic E-state index is 12.3. The molecule has 5 nitrogen and oxygen atoms in total. The topological polar surface area (TPSA) is 79.3 Å². The minimum Gasteiger partial charge on any atom is -0.392 e. The van der Waals surface area contributed by atoms with Gasteiger partial charge in [0.15, 0.2) is 0 Å². The van der Waals surface area contributed by atoms with Crippen molar-refractivity contribution in [2.24, 2.45) is 0 Å². The number of sulfonamides is 1. The number of hydrogen-bond donors (Lipinski definition) is 2. The Morgan fingerprint density at radius 2 is 2.20 bits per heavy atom. The Balaban J connectivity index is 2.22.